The second-order valence-electron chi connectivity index (χ2n) is 4.84. The van der Waals surface area contributed by atoms with Gasteiger partial charge in [-0.25, -0.2) is 4.39 Å². The largest absolute Gasteiger partial charge is 0.377 e. The van der Waals surface area contributed by atoms with E-state index in [4.69, 9.17) is 10.5 Å². The van der Waals surface area contributed by atoms with E-state index in [1.165, 1.54) is 6.07 Å². The number of hydrogen-bond acceptors (Lipinski definition) is 3. The quantitative estimate of drug-likeness (QED) is 0.841. The van der Waals surface area contributed by atoms with E-state index >= 15 is 0 Å². The molecule has 0 saturated carbocycles. The number of halogens is 1. The Labute approximate surface area is 108 Å². The smallest absolute Gasteiger partial charge is 0.126 e. The molecule has 0 radical (unpaired) electrons. The topological polar surface area (TPSA) is 47.3 Å². The van der Waals surface area contributed by atoms with Gasteiger partial charge in [-0.05, 0) is 37.0 Å². The van der Waals surface area contributed by atoms with Crippen LogP contribution < -0.4 is 11.1 Å². The minimum absolute atomic E-state index is 0.0634. The third-order valence-electron chi connectivity index (χ3n) is 3.44. The highest BCUT2D eigenvalue weighted by Crippen LogP contribution is 2.17. The fraction of sp³-hybridized carbons (Fsp3) is 0.571. The van der Waals surface area contributed by atoms with Gasteiger partial charge in [0.05, 0.1) is 6.10 Å². The fourth-order valence-corrected chi connectivity index (χ4v) is 2.30. The molecule has 1 aromatic carbocycles. The van der Waals surface area contributed by atoms with E-state index in [9.17, 15) is 4.39 Å². The van der Waals surface area contributed by atoms with E-state index in [2.05, 4.69) is 5.32 Å². The van der Waals surface area contributed by atoms with Crippen molar-refractivity contribution in [2.24, 2.45) is 5.73 Å². The molecule has 3 nitrogen and oxygen atoms in total. The lowest BCUT2D eigenvalue weighted by Crippen LogP contribution is -2.34. The molecule has 0 aliphatic carbocycles. The number of ether oxygens (including phenoxy) is 1. The maximum atomic E-state index is 13.2. The number of hydrogen-bond donors (Lipinski definition) is 2. The predicted octanol–water partition coefficient (Wildman–Crippen LogP) is 1.90. The summed E-state index contributed by atoms with van der Waals surface area (Å²) in [5.74, 6) is -0.173. The van der Waals surface area contributed by atoms with Gasteiger partial charge in [0.15, 0.2) is 0 Å². The molecule has 0 spiro atoms. The molecule has 0 bridgehead atoms. The summed E-state index contributed by atoms with van der Waals surface area (Å²) < 4.78 is 18.8. The molecule has 2 rings (SSSR count). The van der Waals surface area contributed by atoms with Gasteiger partial charge >= 0.3 is 0 Å². The van der Waals surface area contributed by atoms with Crippen molar-refractivity contribution < 1.29 is 9.13 Å². The van der Waals surface area contributed by atoms with E-state index in [-0.39, 0.29) is 11.9 Å². The molecule has 0 aromatic heterocycles. The Morgan fingerprint density at radius 3 is 3.00 bits per heavy atom. The van der Waals surface area contributed by atoms with Crippen LogP contribution in [0, 0.1) is 12.7 Å². The van der Waals surface area contributed by atoms with Gasteiger partial charge in [0.1, 0.15) is 5.82 Å². The highest BCUT2D eigenvalue weighted by atomic mass is 19.1. The van der Waals surface area contributed by atoms with Crippen LogP contribution >= 0.6 is 0 Å². The van der Waals surface area contributed by atoms with Crippen LogP contribution in [0.4, 0.5) is 4.39 Å². The molecule has 1 fully saturated rings. The SMILES string of the molecule is Cc1cc(C(CN)NCC2CCCO2)ccc1F. The number of nitrogens with two attached hydrogens (primary N) is 1. The second kappa shape index (κ2) is 6.27. The first kappa shape index (κ1) is 13.5. The highest BCUT2D eigenvalue weighted by Gasteiger charge is 2.17. The number of benzene rings is 1. The molecular formula is C14H21FN2O. The van der Waals surface area contributed by atoms with E-state index in [0.29, 0.717) is 18.2 Å². The molecule has 1 saturated heterocycles. The van der Waals surface area contributed by atoms with Crippen molar-refractivity contribution in [3.63, 3.8) is 0 Å². The summed E-state index contributed by atoms with van der Waals surface area (Å²) in [6.45, 7) is 3.93. The van der Waals surface area contributed by atoms with Gasteiger partial charge in [-0.3, -0.25) is 0 Å². The first-order valence-corrected chi connectivity index (χ1v) is 6.52. The van der Waals surface area contributed by atoms with Gasteiger partial charge in [-0.15, -0.1) is 0 Å². The van der Waals surface area contributed by atoms with Crippen LogP contribution in [-0.2, 0) is 4.74 Å². The minimum Gasteiger partial charge on any atom is -0.377 e. The van der Waals surface area contributed by atoms with Crippen molar-refractivity contribution in [3.8, 4) is 0 Å². The van der Waals surface area contributed by atoms with Crippen molar-refractivity contribution >= 4 is 0 Å². The molecule has 1 aliphatic rings. The minimum atomic E-state index is -0.173. The van der Waals surface area contributed by atoms with Crippen LogP contribution in [0.2, 0.25) is 0 Å². The molecule has 1 heterocycles. The maximum absolute atomic E-state index is 13.2. The number of aryl methyl sites for hydroxylation is 1. The average molecular weight is 252 g/mol. The predicted molar refractivity (Wildman–Crippen MR) is 69.9 cm³/mol. The van der Waals surface area contributed by atoms with Gasteiger partial charge in [-0.1, -0.05) is 12.1 Å². The lowest BCUT2D eigenvalue weighted by atomic mass is 10.0. The Morgan fingerprint density at radius 2 is 2.39 bits per heavy atom. The average Bonchev–Trinajstić information content (AvgIpc) is 2.87. The molecule has 1 aromatic rings. The summed E-state index contributed by atoms with van der Waals surface area (Å²) in [7, 11) is 0. The summed E-state index contributed by atoms with van der Waals surface area (Å²) in [6.07, 6.45) is 2.53. The summed E-state index contributed by atoms with van der Waals surface area (Å²) in [6, 6.07) is 5.22. The standard InChI is InChI=1S/C14H21FN2O/c1-10-7-11(4-5-13(10)15)14(8-16)17-9-12-3-2-6-18-12/h4-5,7,12,14,17H,2-3,6,8-9,16H2,1H3. The molecule has 4 heteroatoms. The zero-order chi connectivity index (χ0) is 13.0. The summed E-state index contributed by atoms with van der Waals surface area (Å²) >= 11 is 0. The maximum Gasteiger partial charge on any atom is 0.126 e. The Hall–Kier alpha value is -0.970. The van der Waals surface area contributed by atoms with Crippen molar-refractivity contribution in [2.75, 3.05) is 19.7 Å². The van der Waals surface area contributed by atoms with Gasteiger partial charge in [0.25, 0.3) is 0 Å². The third-order valence-corrected chi connectivity index (χ3v) is 3.44. The first-order chi connectivity index (χ1) is 8.70. The lowest BCUT2D eigenvalue weighted by molar-refractivity contribution is 0.107. The molecule has 18 heavy (non-hydrogen) atoms. The summed E-state index contributed by atoms with van der Waals surface area (Å²) in [5, 5.41) is 3.40. The van der Waals surface area contributed by atoms with Crippen molar-refractivity contribution in [3.05, 3.63) is 35.1 Å². The summed E-state index contributed by atoms with van der Waals surface area (Å²) in [5.41, 5.74) is 7.47. The fourth-order valence-electron chi connectivity index (χ4n) is 2.30. The molecule has 1 aliphatic heterocycles. The van der Waals surface area contributed by atoms with E-state index in [0.717, 1.165) is 31.6 Å². The van der Waals surface area contributed by atoms with Gasteiger partial charge in [0.2, 0.25) is 0 Å². The molecule has 0 amide bonds. The molecule has 100 valence electrons. The summed E-state index contributed by atoms with van der Waals surface area (Å²) in [4.78, 5) is 0. The molecule has 2 atom stereocenters. The number of nitrogens with one attached hydrogen (secondary N) is 1. The monoisotopic (exact) mass is 252 g/mol. The molecular weight excluding hydrogens is 231 g/mol. The van der Waals surface area contributed by atoms with E-state index in [1.54, 1.807) is 13.0 Å². The first-order valence-electron chi connectivity index (χ1n) is 6.52. The van der Waals surface area contributed by atoms with E-state index in [1.807, 2.05) is 6.07 Å². The van der Waals surface area contributed by atoms with Crippen LogP contribution in [0.5, 0.6) is 0 Å². The third kappa shape index (κ3) is 3.28. The van der Waals surface area contributed by atoms with Crippen molar-refractivity contribution in [1.82, 2.24) is 5.32 Å². The zero-order valence-corrected chi connectivity index (χ0v) is 10.8. The van der Waals surface area contributed by atoms with Gasteiger partial charge in [0, 0.05) is 25.7 Å². The Kier molecular flexibility index (Phi) is 4.69. The van der Waals surface area contributed by atoms with Crippen LogP contribution in [0.3, 0.4) is 0 Å². The van der Waals surface area contributed by atoms with E-state index < -0.39 is 0 Å². The Bertz CT molecular complexity index is 391. The van der Waals surface area contributed by atoms with Crippen LogP contribution in [0.1, 0.15) is 30.0 Å². The van der Waals surface area contributed by atoms with Gasteiger partial charge in [-0.2, -0.15) is 0 Å². The Morgan fingerprint density at radius 1 is 1.56 bits per heavy atom. The van der Waals surface area contributed by atoms with Crippen LogP contribution in [0.15, 0.2) is 18.2 Å². The Balaban J connectivity index is 1.96. The second-order valence-corrected chi connectivity index (χ2v) is 4.84. The van der Waals surface area contributed by atoms with Gasteiger partial charge < -0.3 is 15.8 Å². The molecule has 2 unspecified atom stereocenters. The zero-order valence-electron chi connectivity index (χ0n) is 10.8. The van der Waals surface area contributed by atoms with Crippen LogP contribution in [-0.4, -0.2) is 25.8 Å². The van der Waals surface area contributed by atoms with Crippen LogP contribution in [0.25, 0.3) is 0 Å². The number of rotatable bonds is 5. The molecule has 3 N–H and O–H groups in total. The lowest BCUT2D eigenvalue weighted by Gasteiger charge is -2.20. The van der Waals surface area contributed by atoms with Crippen molar-refractivity contribution in [1.29, 1.82) is 0 Å². The normalized spacial score (nSPS) is 21.2. The highest BCUT2D eigenvalue weighted by molar-refractivity contribution is 5.26. The van der Waals surface area contributed by atoms with Crippen molar-refractivity contribution in [2.45, 2.75) is 31.9 Å².